The predicted molar refractivity (Wildman–Crippen MR) is 145 cm³/mol. The molecule has 4 rings (SSSR count). The minimum atomic E-state index is -1.82. The summed E-state index contributed by atoms with van der Waals surface area (Å²) < 4.78 is 26.9. The molecule has 2 aromatic rings. The molecule has 2 heterocycles. The summed E-state index contributed by atoms with van der Waals surface area (Å²) in [6.45, 7) is -0.601. The quantitative estimate of drug-likeness (QED) is 0.140. The van der Waals surface area contributed by atoms with Gasteiger partial charge in [-0.3, -0.25) is 9.59 Å². The molecular weight excluding hydrogens is 572 g/mol. The van der Waals surface area contributed by atoms with E-state index < -0.39 is 73.2 Å². The smallest absolute Gasteiger partial charge is 0.251 e. The second kappa shape index (κ2) is 14.4. The number of benzene rings is 2. The average molecular weight is 609 g/mol. The van der Waals surface area contributed by atoms with Crippen molar-refractivity contribution in [3.05, 3.63) is 59.7 Å². The SMILES string of the molecule is COc1ccc(C(=O)NC[C@H]2O[C@H](O[C@H]3O[C@H](CNC(=O)c4ccc(OC)cc4)[C@@H](O)[C@H](O)[C@H]3O)[C@H](O)[C@@H](O)[C@@H]2O)cc1. The molecule has 2 aromatic carbocycles. The van der Waals surface area contributed by atoms with Gasteiger partial charge in [0.1, 0.15) is 60.3 Å². The fourth-order valence-corrected chi connectivity index (χ4v) is 4.60. The van der Waals surface area contributed by atoms with Gasteiger partial charge in [0.05, 0.1) is 14.2 Å². The molecular formula is C28H36N2O13. The second-order valence-corrected chi connectivity index (χ2v) is 10.0. The molecule has 8 N–H and O–H groups in total. The molecule has 2 amide bonds. The lowest BCUT2D eigenvalue weighted by Gasteiger charge is -2.45. The van der Waals surface area contributed by atoms with E-state index in [-0.39, 0.29) is 24.2 Å². The van der Waals surface area contributed by atoms with Gasteiger partial charge in [0, 0.05) is 24.2 Å². The highest BCUT2D eigenvalue weighted by atomic mass is 16.8. The molecule has 0 radical (unpaired) electrons. The van der Waals surface area contributed by atoms with Crippen molar-refractivity contribution >= 4 is 11.8 Å². The molecule has 0 spiro atoms. The minimum absolute atomic E-state index is 0.288. The Balaban J connectivity index is 1.37. The van der Waals surface area contributed by atoms with Crippen molar-refractivity contribution in [2.24, 2.45) is 0 Å². The summed E-state index contributed by atoms with van der Waals surface area (Å²) in [6.07, 6.45) is -16.4. The first-order valence-corrected chi connectivity index (χ1v) is 13.4. The number of methoxy groups -OCH3 is 2. The molecule has 0 aliphatic carbocycles. The number of aliphatic hydroxyl groups excluding tert-OH is 6. The highest BCUT2D eigenvalue weighted by Crippen LogP contribution is 2.28. The first-order chi connectivity index (χ1) is 20.5. The van der Waals surface area contributed by atoms with Crippen LogP contribution in [-0.2, 0) is 14.2 Å². The van der Waals surface area contributed by atoms with Crippen LogP contribution in [0.25, 0.3) is 0 Å². The van der Waals surface area contributed by atoms with Crippen LogP contribution in [0.3, 0.4) is 0 Å². The maximum absolute atomic E-state index is 12.5. The molecule has 2 aliphatic rings. The molecule has 10 atom stereocenters. The molecule has 0 aromatic heterocycles. The van der Waals surface area contributed by atoms with E-state index in [4.69, 9.17) is 23.7 Å². The van der Waals surface area contributed by atoms with E-state index in [0.717, 1.165) is 0 Å². The largest absolute Gasteiger partial charge is 0.497 e. The van der Waals surface area contributed by atoms with Crippen LogP contribution in [0, 0.1) is 0 Å². The van der Waals surface area contributed by atoms with E-state index in [1.165, 1.54) is 38.5 Å². The van der Waals surface area contributed by atoms with Crippen LogP contribution in [-0.4, -0.2) is 131 Å². The maximum atomic E-state index is 12.5. The summed E-state index contributed by atoms with van der Waals surface area (Å²) >= 11 is 0. The third-order valence-corrected chi connectivity index (χ3v) is 7.24. The Morgan fingerprint density at radius 1 is 0.605 bits per heavy atom. The number of hydrogen-bond donors (Lipinski definition) is 8. The maximum Gasteiger partial charge on any atom is 0.251 e. The van der Waals surface area contributed by atoms with E-state index in [1.807, 2.05) is 0 Å². The van der Waals surface area contributed by atoms with Crippen LogP contribution in [0.4, 0.5) is 0 Å². The topological polar surface area (TPSA) is 226 Å². The van der Waals surface area contributed by atoms with Crippen molar-refractivity contribution in [3.8, 4) is 11.5 Å². The molecule has 15 heteroatoms. The number of amides is 2. The van der Waals surface area contributed by atoms with E-state index in [9.17, 15) is 40.2 Å². The van der Waals surface area contributed by atoms with E-state index in [2.05, 4.69) is 10.6 Å². The Hall–Kier alpha value is -3.38. The van der Waals surface area contributed by atoms with Gasteiger partial charge in [-0.2, -0.15) is 0 Å². The molecule has 0 saturated carbocycles. The van der Waals surface area contributed by atoms with Gasteiger partial charge in [-0.15, -0.1) is 0 Å². The first-order valence-electron chi connectivity index (χ1n) is 13.4. The fourth-order valence-electron chi connectivity index (χ4n) is 4.60. The van der Waals surface area contributed by atoms with Crippen LogP contribution < -0.4 is 20.1 Å². The number of nitrogens with one attached hydrogen (secondary N) is 2. The Morgan fingerprint density at radius 2 is 0.953 bits per heavy atom. The minimum Gasteiger partial charge on any atom is -0.497 e. The van der Waals surface area contributed by atoms with Crippen molar-refractivity contribution < 1.29 is 63.9 Å². The summed E-state index contributed by atoms with van der Waals surface area (Å²) in [5.74, 6) is 0.0658. The van der Waals surface area contributed by atoms with Crippen molar-refractivity contribution in [1.82, 2.24) is 10.6 Å². The fraction of sp³-hybridized carbons (Fsp3) is 0.500. The van der Waals surface area contributed by atoms with Crippen molar-refractivity contribution in [2.45, 2.75) is 61.4 Å². The standard InChI is InChI=1S/C28H36N2O13/c1-39-15-7-3-13(4-8-15)25(37)29-11-17-19(31)21(33)23(35)27(41-17)43-28-24(36)22(34)20(32)18(42-28)12-30-26(38)14-5-9-16(40-2)10-6-14/h3-10,17-24,27-28,31-36H,11-12H2,1-2H3,(H,29,37)(H,30,38)/t17-,18-,19-,20-,21+,22+,23-,24-,27-,28-/m1/s1. The predicted octanol–water partition coefficient (Wildman–Crippen LogP) is -2.50. The number of carbonyl (C=O) groups is 2. The van der Waals surface area contributed by atoms with Crippen LogP contribution in [0.1, 0.15) is 20.7 Å². The highest BCUT2D eigenvalue weighted by Gasteiger charge is 2.49. The van der Waals surface area contributed by atoms with Crippen LogP contribution in [0.2, 0.25) is 0 Å². The third kappa shape index (κ3) is 7.59. The number of aliphatic hydroxyl groups is 6. The molecule has 2 fully saturated rings. The van der Waals surface area contributed by atoms with Gasteiger partial charge in [0.2, 0.25) is 0 Å². The monoisotopic (exact) mass is 608 g/mol. The lowest BCUT2D eigenvalue weighted by Crippen LogP contribution is -2.64. The number of rotatable bonds is 10. The summed E-state index contributed by atoms with van der Waals surface area (Å²) in [6, 6.07) is 12.4. The Kier molecular flexibility index (Phi) is 10.9. The number of carbonyl (C=O) groups excluding carboxylic acids is 2. The summed E-state index contributed by atoms with van der Waals surface area (Å²) in [5.41, 5.74) is 0.576. The molecule has 2 aliphatic heterocycles. The second-order valence-electron chi connectivity index (χ2n) is 10.0. The zero-order valence-electron chi connectivity index (χ0n) is 23.3. The highest BCUT2D eigenvalue weighted by molar-refractivity contribution is 5.94. The zero-order chi connectivity index (χ0) is 31.3. The molecule has 2 saturated heterocycles. The lowest BCUT2D eigenvalue weighted by molar-refractivity contribution is -0.372. The van der Waals surface area contributed by atoms with Gasteiger partial charge < -0.3 is 65.0 Å². The van der Waals surface area contributed by atoms with Crippen molar-refractivity contribution in [1.29, 1.82) is 0 Å². The van der Waals surface area contributed by atoms with E-state index >= 15 is 0 Å². The molecule has 15 nitrogen and oxygen atoms in total. The number of hydrogen-bond acceptors (Lipinski definition) is 13. The van der Waals surface area contributed by atoms with E-state index in [1.54, 1.807) is 24.3 Å². The van der Waals surface area contributed by atoms with Gasteiger partial charge in [0.25, 0.3) is 11.8 Å². The molecule has 43 heavy (non-hydrogen) atoms. The Morgan fingerprint density at radius 3 is 1.28 bits per heavy atom. The Bertz CT molecular complexity index is 1120. The molecule has 0 bridgehead atoms. The average Bonchev–Trinajstić information content (AvgIpc) is 3.03. The summed E-state index contributed by atoms with van der Waals surface area (Å²) in [4.78, 5) is 25.1. The third-order valence-electron chi connectivity index (χ3n) is 7.24. The number of ether oxygens (including phenoxy) is 5. The first kappa shape index (κ1) is 32.5. The summed E-state index contributed by atoms with van der Waals surface area (Å²) in [7, 11) is 2.97. The van der Waals surface area contributed by atoms with Gasteiger partial charge in [-0.05, 0) is 48.5 Å². The van der Waals surface area contributed by atoms with Crippen molar-refractivity contribution in [3.63, 3.8) is 0 Å². The van der Waals surface area contributed by atoms with Gasteiger partial charge in [-0.1, -0.05) is 0 Å². The van der Waals surface area contributed by atoms with Crippen LogP contribution >= 0.6 is 0 Å². The zero-order valence-corrected chi connectivity index (χ0v) is 23.3. The lowest BCUT2D eigenvalue weighted by atomic mass is 9.97. The Labute approximate surface area is 246 Å². The van der Waals surface area contributed by atoms with Gasteiger partial charge in [-0.25, -0.2) is 0 Å². The summed E-state index contributed by atoms with van der Waals surface area (Å²) in [5, 5.41) is 67.8. The van der Waals surface area contributed by atoms with E-state index in [0.29, 0.717) is 11.5 Å². The van der Waals surface area contributed by atoms with Gasteiger partial charge in [0.15, 0.2) is 12.6 Å². The molecule has 0 unspecified atom stereocenters. The van der Waals surface area contributed by atoms with Crippen LogP contribution in [0.5, 0.6) is 11.5 Å². The van der Waals surface area contributed by atoms with Crippen molar-refractivity contribution in [2.75, 3.05) is 27.3 Å². The van der Waals surface area contributed by atoms with Gasteiger partial charge >= 0.3 is 0 Å². The van der Waals surface area contributed by atoms with Crippen LogP contribution in [0.15, 0.2) is 48.5 Å². The molecule has 236 valence electrons. The normalized spacial score (nSPS) is 32.5.